The Kier molecular flexibility index (Phi) is 62.3. The van der Waals surface area contributed by atoms with Crippen molar-refractivity contribution in [3.8, 4) is 0 Å². The van der Waals surface area contributed by atoms with Crippen LogP contribution < -0.4 is 0 Å². The molecule has 1 atom stereocenters. The highest BCUT2D eigenvalue weighted by atomic mass is 16.6. The van der Waals surface area contributed by atoms with Crippen molar-refractivity contribution < 1.29 is 28.6 Å². The average molecular weight is 1080 g/mol. The lowest BCUT2D eigenvalue weighted by Crippen LogP contribution is -2.30. The first-order chi connectivity index (χ1) is 38.5. The molecule has 0 aliphatic rings. The van der Waals surface area contributed by atoms with E-state index in [9.17, 15) is 14.4 Å². The SMILES string of the molecule is CC/C=C\C/C=C\C/C=C\C/C=C\CCCCCCCCCCCCCCCCC(=O)OCC(COC(=O)CCCCCCC/C=C\CCCCC)OC(=O)CCCCCCCCCC/C=C\C/C=C\C/C=C\C/C=C\CC. The summed E-state index contributed by atoms with van der Waals surface area (Å²) < 4.78 is 16.9. The molecule has 1 unspecified atom stereocenters. The third kappa shape index (κ3) is 62.9. The number of hydrogen-bond acceptors (Lipinski definition) is 6. The highest BCUT2D eigenvalue weighted by molar-refractivity contribution is 5.71. The Labute approximate surface area is 482 Å². The highest BCUT2D eigenvalue weighted by Crippen LogP contribution is 2.16. The predicted molar refractivity (Wildman–Crippen MR) is 339 cm³/mol. The fourth-order valence-electron chi connectivity index (χ4n) is 9.13. The molecule has 0 aromatic carbocycles. The Bertz CT molecular complexity index is 1570. The topological polar surface area (TPSA) is 78.9 Å². The van der Waals surface area contributed by atoms with Crippen LogP contribution in [-0.4, -0.2) is 37.2 Å². The van der Waals surface area contributed by atoms with E-state index in [1.54, 1.807) is 0 Å². The first-order valence-corrected chi connectivity index (χ1v) is 32.9. The Hall–Kier alpha value is -3.93. The van der Waals surface area contributed by atoms with Gasteiger partial charge in [0.25, 0.3) is 0 Å². The number of ether oxygens (including phenoxy) is 3. The van der Waals surface area contributed by atoms with Crippen molar-refractivity contribution in [2.75, 3.05) is 13.2 Å². The number of carbonyl (C=O) groups is 3. The van der Waals surface area contributed by atoms with Gasteiger partial charge in [0.15, 0.2) is 6.10 Å². The quantitative estimate of drug-likeness (QED) is 0.0261. The molecular weight excluding hydrogens is 961 g/mol. The minimum absolute atomic E-state index is 0.0835. The molecule has 0 aromatic heterocycles. The number of carbonyl (C=O) groups excluding carboxylic acids is 3. The fourth-order valence-corrected chi connectivity index (χ4v) is 9.13. The van der Waals surface area contributed by atoms with E-state index >= 15 is 0 Å². The Morgan fingerprint density at radius 3 is 0.795 bits per heavy atom. The summed E-state index contributed by atoms with van der Waals surface area (Å²) in [6, 6.07) is 0. The second kappa shape index (κ2) is 65.6. The molecule has 0 fully saturated rings. The first-order valence-electron chi connectivity index (χ1n) is 32.9. The molecule has 0 aliphatic heterocycles. The zero-order valence-corrected chi connectivity index (χ0v) is 51.2. The smallest absolute Gasteiger partial charge is 0.306 e. The van der Waals surface area contributed by atoms with Crippen LogP contribution in [-0.2, 0) is 28.6 Å². The zero-order valence-electron chi connectivity index (χ0n) is 51.2. The highest BCUT2D eigenvalue weighted by Gasteiger charge is 2.19. The average Bonchev–Trinajstić information content (AvgIpc) is 3.44. The van der Waals surface area contributed by atoms with Gasteiger partial charge in [0.2, 0.25) is 0 Å². The summed E-state index contributed by atoms with van der Waals surface area (Å²) in [5.74, 6) is -0.893. The van der Waals surface area contributed by atoms with E-state index in [0.29, 0.717) is 19.3 Å². The van der Waals surface area contributed by atoms with Crippen molar-refractivity contribution in [2.45, 2.75) is 316 Å². The lowest BCUT2D eigenvalue weighted by molar-refractivity contribution is -0.167. The molecule has 0 saturated heterocycles. The van der Waals surface area contributed by atoms with Gasteiger partial charge >= 0.3 is 17.9 Å². The molecular formula is C72H122O6. The normalized spacial score (nSPS) is 12.8. The van der Waals surface area contributed by atoms with Gasteiger partial charge in [-0.3, -0.25) is 14.4 Å². The Morgan fingerprint density at radius 2 is 0.500 bits per heavy atom. The van der Waals surface area contributed by atoms with Crippen molar-refractivity contribution in [3.63, 3.8) is 0 Å². The van der Waals surface area contributed by atoms with E-state index in [-0.39, 0.29) is 31.1 Å². The van der Waals surface area contributed by atoms with Crippen molar-refractivity contribution in [3.05, 3.63) is 109 Å². The minimum Gasteiger partial charge on any atom is -0.462 e. The van der Waals surface area contributed by atoms with Gasteiger partial charge in [-0.2, -0.15) is 0 Å². The van der Waals surface area contributed by atoms with Gasteiger partial charge in [0.05, 0.1) is 0 Å². The molecule has 0 spiro atoms. The maximum atomic E-state index is 12.9. The molecule has 0 heterocycles. The van der Waals surface area contributed by atoms with Crippen molar-refractivity contribution in [1.82, 2.24) is 0 Å². The molecule has 78 heavy (non-hydrogen) atoms. The molecule has 0 amide bonds. The molecule has 6 heteroatoms. The second-order valence-electron chi connectivity index (χ2n) is 21.6. The number of allylic oxidation sites excluding steroid dienone is 18. The molecule has 0 aliphatic carbocycles. The van der Waals surface area contributed by atoms with Crippen LogP contribution in [0.3, 0.4) is 0 Å². The van der Waals surface area contributed by atoms with Gasteiger partial charge in [0, 0.05) is 19.3 Å². The number of esters is 3. The van der Waals surface area contributed by atoms with Gasteiger partial charge in [0.1, 0.15) is 13.2 Å². The van der Waals surface area contributed by atoms with Crippen LogP contribution in [0, 0.1) is 0 Å². The molecule has 0 radical (unpaired) electrons. The Morgan fingerprint density at radius 1 is 0.269 bits per heavy atom. The molecule has 0 rings (SSSR count). The molecule has 0 aromatic rings. The van der Waals surface area contributed by atoms with Crippen LogP contribution in [0.5, 0.6) is 0 Å². The van der Waals surface area contributed by atoms with Crippen LogP contribution in [0.4, 0.5) is 0 Å². The van der Waals surface area contributed by atoms with E-state index in [2.05, 4.69) is 130 Å². The van der Waals surface area contributed by atoms with E-state index in [4.69, 9.17) is 14.2 Å². The van der Waals surface area contributed by atoms with Crippen LogP contribution in [0.2, 0.25) is 0 Å². The van der Waals surface area contributed by atoms with Crippen LogP contribution in [0.15, 0.2) is 109 Å². The maximum absolute atomic E-state index is 12.9. The minimum atomic E-state index is -0.788. The van der Waals surface area contributed by atoms with E-state index in [1.807, 2.05) is 0 Å². The van der Waals surface area contributed by atoms with Crippen molar-refractivity contribution in [2.24, 2.45) is 0 Å². The lowest BCUT2D eigenvalue weighted by Gasteiger charge is -2.18. The van der Waals surface area contributed by atoms with E-state index < -0.39 is 6.10 Å². The maximum Gasteiger partial charge on any atom is 0.306 e. The summed E-state index contributed by atoms with van der Waals surface area (Å²) in [7, 11) is 0. The van der Waals surface area contributed by atoms with Gasteiger partial charge < -0.3 is 14.2 Å². The Balaban J connectivity index is 4.28. The largest absolute Gasteiger partial charge is 0.462 e. The zero-order chi connectivity index (χ0) is 56.4. The van der Waals surface area contributed by atoms with Gasteiger partial charge in [-0.1, -0.05) is 278 Å². The third-order valence-corrected chi connectivity index (χ3v) is 14.0. The summed E-state index contributed by atoms with van der Waals surface area (Å²) in [5, 5.41) is 0. The number of unbranched alkanes of at least 4 members (excludes halogenated alkanes) is 30. The summed E-state index contributed by atoms with van der Waals surface area (Å²) >= 11 is 0. The summed E-state index contributed by atoms with van der Waals surface area (Å²) in [4.78, 5) is 38.3. The van der Waals surface area contributed by atoms with Gasteiger partial charge in [-0.25, -0.2) is 0 Å². The van der Waals surface area contributed by atoms with Crippen molar-refractivity contribution in [1.29, 1.82) is 0 Å². The first kappa shape index (κ1) is 74.1. The summed E-state index contributed by atoms with van der Waals surface area (Å²) in [5.41, 5.74) is 0. The van der Waals surface area contributed by atoms with Gasteiger partial charge in [-0.05, 0) is 122 Å². The summed E-state index contributed by atoms with van der Waals surface area (Å²) in [6.07, 6.45) is 89.6. The monoisotopic (exact) mass is 1080 g/mol. The van der Waals surface area contributed by atoms with Crippen LogP contribution in [0.25, 0.3) is 0 Å². The fraction of sp³-hybridized carbons (Fsp3) is 0.708. The molecule has 0 saturated carbocycles. The molecule has 0 N–H and O–H groups in total. The van der Waals surface area contributed by atoms with Crippen molar-refractivity contribution >= 4 is 17.9 Å². The molecule has 446 valence electrons. The third-order valence-electron chi connectivity index (χ3n) is 14.0. The summed E-state index contributed by atoms with van der Waals surface area (Å²) in [6.45, 7) is 6.40. The van der Waals surface area contributed by atoms with Gasteiger partial charge in [-0.15, -0.1) is 0 Å². The van der Waals surface area contributed by atoms with Crippen LogP contribution >= 0.6 is 0 Å². The standard InChI is InChI=1S/C72H122O6/c1-4-7-10-13-16-19-22-25-27-29-31-33-34-35-36-37-38-40-41-43-45-47-50-53-56-59-62-65-71(74)77-68-69(67-76-70(73)64-61-58-55-52-49-24-21-18-15-12-9-6-3)78-72(75)66-63-60-57-54-51-48-46-44-42-39-32-30-28-26-23-20-17-14-11-8-5-2/h7-8,10-11,16-21,25-28,31-33,39,69H,4-6,9,12-15,22-24,29-30,34-38,40-68H2,1-3H3/b10-7-,11-8-,19-16-,20-17-,21-18-,27-25-,28-26-,33-31-,39-32-. The predicted octanol–water partition coefficient (Wildman–Crippen LogP) is 22.6. The van der Waals surface area contributed by atoms with Crippen LogP contribution in [0.1, 0.15) is 310 Å². The number of hydrogen-bond donors (Lipinski definition) is 0. The van der Waals surface area contributed by atoms with E-state index in [0.717, 1.165) is 122 Å². The lowest BCUT2D eigenvalue weighted by atomic mass is 10.0. The second-order valence-corrected chi connectivity index (χ2v) is 21.6. The number of rotatable bonds is 59. The van der Waals surface area contributed by atoms with E-state index in [1.165, 1.54) is 148 Å². The molecule has 6 nitrogen and oxygen atoms in total. The molecule has 0 bridgehead atoms.